The second kappa shape index (κ2) is 7.82. The number of carbonyl (C=O) groups is 1. The highest BCUT2D eigenvalue weighted by Crippen LogP contribution is 2.57. The van der Waals surface area contributed by atoms with E-state index in [-0.39, 0.29) is 12.5 Å². The average Bonchev–Trinajstić information content (AvgIpc) is 3.01. The molecule has 0 atom stereocenters. The van der Waals surface area contributed by atoms with Gasteiger partial charge in [0.1, 0.15) is 23.9 Å². The number of hydrogen-bond acceptors (Lipinski definition) is 5. The van der Waals surface area contributed by atoms with Crippen LogP contribution in [0.4, 0.5) is 15.8 Å². The maximum Gasteiger partial charge on any atom is 0.238 e. The van der Waals surface area contributed by atoms with Crippen LogP contribution in [0.15, 0.2) is 54.7 Å². The van der Waals surface area contributed by atoms with Gasteiger partial charge in [0.15, 0.2) is 0 Å². The molecule has 32 heavy (non-hydrogen) atoms. The van der Waals surface area contributed by atoms with Crippen LogP contribution in [-0.2, 0) is 23.4 Å². The largest absolute Gasteiger partial charge is 0.497 e. The molecule has 5 rings (SSSR count). The zero-order valence-corrected chi connectivity index (χ0v) is 17.8. The summed E-state index contributed by atoms with van der Waals surface area (Å²) < 4.78 is 24.5. The summed E-state index contributed by atoms with van der Waals surface area (Å²) in [4.78, 5) is 19.5. The van der Waals surface area contributed by atoms with E-state index in [0.717, 1.165) is 48.0 Å². The maximum absolute atomic E-state index is 13.6. The quantitative estimate of drug-likeness (QED) is 0.585. The van der Waals surface area contributed by atoms with Crippen LogP contribution in [0.1, 0.15) is 36.1 Å². The van der Waals surface area contributed by atoms with Crippen LogP contribution < -0.4 is 20.1 Å². The van der Waals surface area contributed by atoms with Crippen LogP contribution >= 0.6 is 0 Å². The average molecular weight is 433 g/mol. The van der Waals surface area contributed by atoms with Gasteiger partial charge in [0.25, 0.3) is 0 Å². The maximum atomic E-state index is 13.6. The van der Waals surface area contributed by atoms with Gasteiger partial charge in [-0.15, -0.1) is 0 Å². The number of pyridine rings is 1. The lowest BCUT2D eigenvalue weighted by Crippen LogP contribution is -2.44. The topological polar surface area (TPSA) is 77.7 Å². The Hall–Kier alpha value is -3.61. The Bertz CT molecular complexity index is 1160. The molecule has 2 heterocycles. The van der Waals surface area contributed by atoms with Crippen molar-refractivity contribution in [2.24, 2.45) is 0 Å². The summed E-state index contributed by atoms with van der Waals surface area (Å²) >= 11 is 0. The normalized spacial score (nSPS) is 16.1. The molecule has 0 saturated heterocycles. The molecule has 1 aliphatic heterocycles. The molecule has 1 aromatic heterocycles. The van der Waals surface area contributed by atoms with Gasteiger partial charge in [0.05, 0.1) is 36.6 Å². The Morgan fingerprint density at radius 2 is 1.94 bits per heavy atom. The van der Waals surface area contributed by atoms with Crippen LogP contribution in [0.2, 0.25) is 0 Å². The van der Waals surface area contributed by atoms with Crippen molar-refractivity contribution in [3.63, 3.8) is 0 Å². The molecule has 2 aliphatic rings. The standard InChI is InChI=1S/C25H24FN3O3/c1-31-20-7-3-16(4-8-20)14-29-23-21(25(24(29)30)9-2-10-25)11-18(27)12-22(23)32-15-19-6-5-17(26)13-28-19/h3-8,11-13H,2,9-10,14-15,27H2,1H3. The number of aromatic nitrogens is 1. The van der Waals surface area contributed by atoms with Crippen LogP contribution in [-0.4, -0.2) is 18.0 Å². The Labute approximate surface area is 185 Å². The Morgan fingerprint density at radius 3 is 2.56 bits per heavy atom. The molecule has 1 fully saturated rings. The number of hydrogen-bond donors (Lipinski definition) is 1. The molecule has 1 spiro atoms. The third-order valence-electron chi connectivity index (χ3n) is 6.41. The predicted molar refractivity (Wildman–Crippen MR) is 119 cm³/mol. The summed E-state index contributed by atoms with van der Waals surface area (Å²) in [6.45, 7) is 0.570. The van der Waals surface area contributed by atoms with E-state index in [4.69, 9.17) is 15.2 Å². The zero-order valence-electron chi connectivity index (χ0n) is 17.8. The minimum absolute atomic E-state index is 0.0879. The number of anilines is 2. The fourth-order valence-corrected chi connectivity index (χ4v) is 4.58. The molecular weight excluding hydrogens is 409 g/mol. The van der Waals surface area contributed by atoms with E-state index in [1.165, 1.54) is 6.07 Å². The number of amides is 1. The van der Waals surface area contributed by atoms with Crippen molar-refractivity contribution in [3.05, 3.63) is 77.4 Å². The van der Waals surface area contributed by atoms with Gasteiger partial charge < -0.3 is 20.1 Å². The van der Waals surface area contributed by atoms with E-state index < -0.39 is 11.2 Å². The van der Waals surface area contributed by atoms with Crippen LogP contribution in [0.3, 0.4) is 0 Å². The number of nitrogens with zero attached hydrogens (tertiary/aromatic N) is 2. The van der Waals surface area contributed by atoms with Crippen molar-refractivity contribution >= 4 is 17.3 Å². The van der Waals surface area contributed by atoms with Crippen LogP contribution in [0, 0.1) is 5.82 Å². The third-order valence-corrected chi connectivity index (χ3v) is 6.41. The number of methoxy groups -OCH3 is 1. The van der Waals surface area contributed by atoms with Gasteiger partial charge in [-0.05, 0) is 54.3 Å². The number of halogens is 1. The molecule has 0 radical (unpaired) electrons. The molecule has 1 amide bonds. The predicted octanol–water partition coefficient (Wildman–Crippen LogP) is 4.36. The lowest BCUT2D eigenvalue weighted by Gasteiger charge is -2.37. The lowest BCUT2D eigenvalue weighted by molar-refractivity contribution is -0.126. The third kappa shape index (κ3) is 3.34. The first-order valence-electron chi connectivity index (χ1n) is 10.6. The summed E-state index contributed by atoms with van der Waals surface area (Å²) in [5.74, 6) is 0.990. The van der Waals surface area contributed by atoms with E-state index in [9.17, 15) is 9.18 Å². The molecule has 6 nitrogen and oxygen atoms in total. The molecule has 0 unspecified atom stereocenters. The second-order valence-corrected chi connectivity index (χ2v) is 8.35. The van der Waals surface area contributed by atoms with Crippen molar-refractivity contribution in [2.75, 3.05) is 17.7 Å². The number of carbonyl (C=O) groups excluding carboxylic acids is 1. The van der Waals surface area contributed by atoms with E-state index in [2.05, 4.69) is 4.98 Å². The molecule has 164 valence electrons. The fraction of sp³-hybridized carbons (Fsp3) is 0.280. The van der Waals surface area contributed by atoms with Crippen LogP contribution in [0.25, 0.3) is 0 Å². The molecule has 7 heteroatoms. The molecular formula is C25H24FN3O3. The molecule has 3 aromatic rings. The van der Waals surface area contributed by atoms with Gasteiger partial charge in [-0.25, -0.2) is 4.39 Å². The minimum atomic E-state index is -0.524. The number of nitrogens with two attached hydrogens (primary N) is 1. The Morgan fingerprint density at radius 1 is 1.16 bits per heavy atom. The number of benzene rings is 2. The highest BCUT2D eigenvalue weighted by atomic mass is 19.1. The van der Waals surface area contributed by atoms with Crippen molar-refractivity contribution in [3.8, 4) is 11.5 Å². The molecule has 2 aromatic carbocycles. The second-order valence-electron chi connectivity index (χ2n) is 8.35. The Kier molecular flexibility index (Phi) is 4.96. The molecule has 1 saturated carbocycles. The SMILES string of the molecule is COc1ccc(CN2C(=O)C3(CCC3)c3cc(N)cc(OCc4ccc(F)cn4)c32)cc1. The van der Waals surface area contributed by atoms with Crippen molar-refractivity contribution in [2.45, 2.75) is 37.8 Å². The number of fused-ring (bicyclic) bond motifs is 2. The van der Waals surface area contributed by atoms with Gasteiger partial charge in [-0.2, -0.15) is 0 Å². The summed E-state index contributed by atoms with van der Waals surface area (Å²) in [5, 5.41) is 0. The molecule has 0 bridgehead atoms. The fourth-order valence-electron chi connectivity index (χ4n) is 4.58. The first-order valence-corrected chi connectivity index (χ1v) is 10.6. The van der Waals surface area contributed by atoms with Crippen LogP contribution in [0.5, 0.6) is 11.5 Å². The van der Waals surface area contributed by atoms with Crippen molar-refractivity contribution < 1.29 is 18.7 Å². The van der Waals surface area contributed by atoms with E-state index in [1.54, 1.807) is 19.2 Å². The lowest BCUT2D eigenvalue weighted by atomic mass is 9.65. The number of ether oxygens (including phenoxy) is 2. The monoisotopic (exact) mass is 433 g/mol. The highest BCUT2D eigenvalue weighted by molar-refractivity contribution is 6.10. The summed E-state index contributed by atoms with van der Waals surface area (Å²) in [6.07, 6.45) is 3.78. The zero-order chi connectivity index (χ0) is 22.3. The van der Waals surface area contributed by atoms with E-state index in [1.807, 2.05) is 35.2 Å². The first-order chi connectivity index (χ1) is 15.5. The van der Waals surface area contributed by atoms with Gasteiger partial charge in [-0.1, -0.05) is 18.6 Å². The molecule has 2 N–H and O–H groups in total. The molecule has 1 aliphatic carbocycles. The van der Waals surface area contributed by atoms with Gasteiger partial charge in [0, 0.05) is 11.8 Å². The minimum Gasteiger partial charge on any atom is -0.497 e. The van der Waals surface area contributed by atoms with Gasteiger partial charge >= 0.3 is 0 Å². The van der Waals surface area contributed by atoms with Gasteiger partial charge in [0.2, 0.25) is 5.91 Å². The first kappa shape index (κ1) is 20.3. The van der Waals surface area contributed by atoms with Crippen molar-refractivity contribution in [1.29, 1.82) is 0 Å². The highest BCUT2D eigenvalue weighted by Gasteiger charge is 2.55. The summed E-state index contributed by atoms with van der Waals surface area (Å²) in [5.41, 5.74) is 9.51. The summed E-state index contributed by atoms with van der Waals surface area (Å²) in [6, 6.07) is 14.3. The number of rotatable bonds is 6. The number of nitrogen functional groups attached to an aromatic ring is 1. The Balaban J connectivity index is 1.51. The van der Waals surface area contributed by atoms with E-state index in [0.29, 0.717) is 23.7 Å². The van der Waals surface area contributed by atoms with Gasteiger partial charge in [-0.3, -0.25) is 9.78 Å². The summed E-state index contributed by atoms with van der Waals surface area (Å²) in [7, 11) is 1.62. The van der Waals surface area contributed by atoms with Crippen molar-refractivity contribution in [1.82, 2.24) is 4.98 Å². The smallest absolute Gasteiger partial charge is 0.238 e. The van der Waals surface area contributed by atoms with E-state index >= 15 is 0 Å².